The van der Waals surface area contributed by atoms with Crippen LogP contribution in [0.25, 0.3) is 11.3 Å². The van der Waals surface area contributed by atoms with Gasteiger partial charge in [-0.1, -0.05) is 12.1 Å². The fourth-order valence-corrected chi connectivity index (χ4v) is 2.84. The van der Waals surface area contributed by atoms with Crippen LogP contribution in [-0.2, 0) is 0 Å². The Morgan fingerprint density at radius 1 is 1.35 bits per heavy atom. The molecule has 0 spiro atoms. The largest absolute Gasteiger partial charge is 0.354 e. The number of carbonyl (C=O) groups excluding carboxylic acids is 1. The normalized spacial score (nSPS) is 13.9. The van der Waals surface area contributed by atoms with E-state index in [2.05, 4.69) is 11.4 Å². The van der Waals surface area contributed by atoms with Gasteiger partial charge in [-0.25, -0.2) is 0 Å². The van der Waals surface area contributed by atoms with Gasteiger partial charge in [0, 0.05) is 24.2 Å². The number of aromatic nitrogens is 2. The van der Waals surface area contributed by atoms with Gasteiger partial charge in [0.15, 0.2) is 0 Å². The molecule has 3 rings (SSSR count). The molecule has 0 unspecified atom stereocenters. The lowest BCUT2D eigenvalue weighted by molar-refractivity contribution is 0.0949. The van der Waals surface area contributed by atoms with Crippen molar-refractivity contribution < 1.29 is 4.79 Å². The molecule has 1 heterocycles. The molecule has 0 bridgehead atoms. The smallest absolute Gasteiger partial charge is 0.269 e. The molecule has 5 heteroatoms. The summed E-state index contributed by atoms with van der Waals surface area (Å²) in [5, 5.41) is 16.4. The van der Waals surface area contributed by atoms with Crippen molar-refractivity contribution in [2.24, 2.45) is 0 Å². The summed E-state index contributed by atoms with van der Waals surface area (Å²) in [6, 6.07) is 9.63. The molecule has 0 saturated heterocycles. The number of nitriles is 1. The lowest BCUT2D eigenvalue weighted by Crippen LogP contribution is -2.24. The third-order valence-electron chi connectivity index (χ3n) is 4.15. The molecular formula is C18H20N4O. The predicted octanol–water partition coefficient (Wildman–Crippen LogP) is 3.24. The molecule has 1 saturated carbocycles. The maximum Gasteiger partial charge on any atom is 0.269 e. The van der Waals surface area contributed by atoms with Crippen molar-refractivity contribution in [1.29, 1.82) is 5.26 Å². The highest BCUT2D eigenvalue weighted by Gasteiger charge is 2.35. The number of nitrogens with zero attached hydrogens (tertiary/aromatic N) is 3. The van der Waals surface area contributed by atoms with Crippen LogP contribution in [0.4, 0.5) is 0 Å². The van der Waals surface area contributed by atoms with E-state index in [9.17, 15) is 4.79 Å². The second-order valence-electron chi connectivity index (χ2n) is 6.19. The Labute approximate surface area is 135 Å². The van der Waals surface area contributed by atoms with Crippen LogP contribution in [0.1, 0.15) is 60.3 Å². The van der Waals surface area contributed by atoms with Gasteiger partial charge in [-0.15, -0.1) is 0 Å². The van der Waals surface area contributed by atoms with Crippen LogP contribution < -0.4 is 5.32 Å². The predicted molar refractivity (Wildman–Crippen MR) is 88.1 cm³/mol. The maximum absolute atomic E-state index is 12.4. The van der Waals surface area contributed by atoms with Crippen molar-refractivity contribution >= 4 is 5.91 Å². The van der Waals surface area contributed by atoms with Gasteiger partial charge in [0.2, 0.25) is 0 Å². The molecule has 1 aromatic carbocycles. The number of benzene rings is 1. The highest BCUT2D eigenvalue weighted by atomic mass is 16.1. The van der Waals surface area contributed by atoms with E-state index in [1.165, 1.54) is 0 Å². The van der Waals surface area contributed by atoms with Crippen LogP contribution in [0, 0.1) is 11.3 Å². The molecule has 1 amide bonds. The Balaban J connectivity index is 2.19. The first-order valence-corrected chi connectivity index (χ1v) is 7.91. The minimum absolute atomic E-state index is 0.0898. The number of carbonyl (C=O) groups is 1. The number of hydrogen-bond acceptors (Lipinski definition) is 3. The fourth-order valence-electron chi connectivity index (χ4n) is 2.84. The van der Waals surface area contributed by atoms with E-state index >= 15 is 0 Å². The summed E-state index contributed by atoms with van der Waals surface area (Å²) in [6.45, 7) is 4.05. The lowest BCUT2D eigenvalue weighted by atomic mass is 10.0. The monoisotopic (exact) mass is 308 g/mol. The molecule has 0 atom stereocenters. The van der Waals surface area contributed by atoms with Crippen molar-refractivity contribution in [3.63, 3.8) is 0 Å². The molecule has 1 aromatic heterocycles. The summed E-state index contributed by atoms with van der Waals surface area (Å²) in [6.07, 6.45) is 2.19. The third kappa shape index (κ3) is 2.72. The topological polar surface area (TPSA) is 70.7 Å². The van der Waals surface area contributed by atoms with E-state index in [1.54, 1.807) is 19.2 Å². The van der Waals surface area contributed by atoms with Gasteiger partial charge in [-0.05, 0) is 44.7 Å². The van der Waals surface area contributed by atoms with Crippen LogP contribution in [0.5, 0.6) is 0 Å². The second-order valence-corrected chi connectivity index (χ2v) is 6.19. The molecule has 0 aliphatic heterocycles. The van der Waals surface area contributed by atoms with E-state index in [-0.39, 0.29) is 11.9 Å². The SMILES string of the molecule is CNC(=O)c1c(C2CC2)c(-c2ccc(C#N)cc2)nn1C(C)C. The zero-order valence-corrected chi connectivity index (χ0v) is 13.6. The van der Waals surface area contributed by atoms with Gasteiger partial charge in [0.25, 0.3) is 5.91 Å². The summed E-state index contributed by atoms with van der Waals surface area (Å²) in [4.78, 5) is 12.4. The quantitative estimate of drug-likeness (QED) is 0.942. The standard InChI is InChI=1S/C18H20N4O/c1-11(2)22-17(18(23)20-3)15(13-8-9-13)16(21-22)14-6-4-12(10-19)5-7-14/h4-7,11,13H,8-9H2,1-3H3,(H,20,23). The summed E-state index contributed by atoms with van der Waals surface area (Å²) in [5.74, 6) is 0.313. The Morgan fingerprint density at radius 3 is 2.48 bits per heavy atom. The van der Waals surface area contributed by atoms with E-state index < -0.39 is 0 Å². The third-order valence-corrected chi connectivity index (χ3v) is 4.15. The Hall–Kier alpha value is -2.61. The zero-order valence-electron chi connectivity index (χ0n) is 13.6. The summed E-state index contributed by atoms with van der Waals surface area (Å²) in [5.41, 5.74) is 4.16. The minimum atomic E-state index is -0.0898. The summed E-state index contributed by atoms with van der Waals surface area (Å²) >= 11 is 0. The van der Waals surface area contributed by atoms with Gasteiger partial charge < -0.3 is 5.32 Å². The van der Waals surface area contributed by atoms with Crippen LogP contribution in [0.15, 0.2) is 24.3 Å². The number of hydrogen-bond donors (Lipinski definition) is 1. The molecular weight excluding hydrogens is 288 g/mol. The minimum Gasteiger partial charge on any atom is -0.354 e. The molecule has 0 radical (unpaired) electrons. The first-order chi connectivity index (χ1) is 11.1. The van der Waals surface area contributed by atoms with E-state index in [0.29, 0.717) is 17.2 Å². The van der Waals surface area contributed by atoms with Crippen molar-refractivity contribution in [1.82, 2.24) is 15.1 Å². The first kappa shape index (κ1) is 15.3. The number of amides is 1. The van der Waals surface area contributed by atoms with E-state index in [4.69, 9.17) is 10.4 Å². The summed E-state index contributed by atoms with van der Waals surface area (Å²) < 4.78 is 1.82. The molecule has 2 aromatic rings. The number of rotatable bonds is 4. The van der Waals surface area contributed by atoms with Crippen molar-refractivity contribution in [3.8, 4) is 17.3 Å². The van der Waals surface area contributed by atoms with Gasteiger partial charge in [-0.2, -0.15) is 10.4 Å². The Morgan fingerprint density at radius 2 is 2.00 bits per heavy atom. The van der Waals surface area contributed by atoms with E-state index in [0.717, 1.165) is 29.7 Å². The molecule has 1 fully saturated rings. The van der Waals surface area contributed by atoms with Crippen LogP contribution >= 0.6 is 0 Å². The van der Waals surface area contributed by atoms with Crippen LogP contribution in [0.3, 0.4) is 0 Å². The Kier molecular flexibility index (Phi) is 3.91. The average Bonchev–Trinajstić information content (AvgIpc) is 3.33. The van der Waals surface area contributed by atoms with Gasteiger partial charge in [-0.3, -0.25) is 9.48 Å². The average molecular weight is 308 g/mol. The fraction of sp³-hybridized carbons (Fsp3) is 0.389. The second kappa shape index (κ2) is 5.88. The van der Waals surface area contributed by atoms with Crippen LogP contribution in [0.2, 0.25) is 0 Å². The number of nitrogens with one attached hydrogen (secondary N) is 1. The van der Waals surface area contributed by atoms with Crippen LogP contribution in [-0.4, -0.2) is 22.7 Å². The van der Waals surface area contributed by atoms with Gasteiger partial charge in [0.05, 0.1) is 17.3 Å². The molecule has 1 aliphatic carbocycles. The lowest BCUT2D eigenvalue weighted by Gasteiger charge is -2.11. The molecule has 5 nitrogen and oxygen atoms in total. The van der Waals surface area contributed by atoms with Crippen molar-refractivity contribution in [2.75, 3.05) is 7.05 Å². The zero-order chi connectivity index (χ0) is 16.6. The molecule has 1 aliphatic rings. The maximum atomic E-state index is 12.4. The highest BCUT2D eigenvalue weighted by Crippen LogP contribution is 2.46. The van der Waals surface area contributed by atoms with Crippen molar-refractivity contribution in [2.45, 2.75) is 38.6 Å². The van der Waals surface area contributed by atoms with Crippen molar-refractivity contribution in [3.05, 3.63) is 41.1 Å². The van der Waals surface area contributed by atoms with E-state index in [1.807, 2.05) is 30.7 Å². The molecule has 23 heavy (non-hydrogen) atoms. The first-order valence-electron chi connectivity index (χ1n) is 7.91. The summed E-state index contributed by atoms with van der Waals surface area (Å²) in [7, 11) is 1.65. The highest BCUT2D eigenvalue weighted by molar-refractivity contribution is 5.96. The Bertz CT molecular complexity index is 777. The molecule has 118 valence electrons. The van der Waals surface area contributed by atoms with Gasteiger partial charge >= 0.3 is 0 Å². The van der Waals surface area contributed by atoms with Gasteiger partial charge in [0.1, 0.15) is 5.69 Å². The molecule has 1 N–H and O–H groups in total.